The molecule has 2 aromatic rings. The number of ether oxygens (including phenoxy) is 1. The molecule has 1 N–H and O–H groups in total. The zero-order chi connectivity index (χ0) is 16.1. The summed E-state index contributed by atoms with van der Waals surface area (Å²) in [5.41, 5.74) is 0.427. The van der Waals surface area contributed by atoms with Crippen LogP contribution in [0.15, 0.2) is 42.6 Å². The fourth-order valence-electron chi connectivity index (χ4n) is 2.82. The van der Waals surface area contributed by atoms with Crippen molar-refractivity contribution in [2.24, 2.45) is 0 Å². The Morgan fingerprint density at radius 1 is 1.17 bits per heavy atom. The van der Waals surface area contributed by atoms with Gasteiger partial charge in [0.2, 0.25) is 0 Å². The molecule has 0 unspecified atom stereocenters. The Morgan fingerprint density at radius 2 is 1.91 bits per heavy atom. The van der Waals surface area contributed by atoms with Crippen molar-refractivity contribution in [2.45, 2.75) is 31.7 Å². The molecule has 6 nitrogen and oxygen atoms in total. The zero-order valence-electron chi connectivity index (χ0n) is 12.8. The van der Waals surface area contributed by atoms with Gasteiger partial charge in [0.1, 0.15) is 5.82 Å². The first-order valence-electron chi connectivity index (χ1n) is 7.79. The first-order valence-corrected chi connectivity index (χ1v) is 7.79. The van der Waals surface area contributed by atoms with Gasteiger partial charge < -0.3 is 10.1 Å². The number of carbonyl (C=O) groups excluding carboxylic acids is 2. The highest BCUT2D eigenvalue weighted by atomic mass is 16.5. The Labute approximate surface area is 134 Å². The molecule has 0 aliphatic heterocycles. The van der Waals surface area contributed by atoms with E-state index in [9.17, 15) is 9.59 Å². The molecule has 1 aromatic carbocycles. The molecule has 1 aromatic heterocycles. The molecule has 23 heavy (non-hydrogen) atoms. The number of nitrogens with one attached hydrogen (secondary N) is 1. The van der Waals surface area contributed by atoms with E-state index in [1.165, 1.54) is 12.8 Å². The molecule has 0 radical (unpaired) electrons. The zero-order valence-corrected chi connectivity index (χ0v) is 12.8. The van der Waals surface area contributed by atoms with Gasteiger partial charge >= 0.3 is 5.97 Å². The molecule has 0 saturated heterocycles. The third kappa shape index (κ3) is 3.77. The minimum atomic E-state index is -0.509. The van der Waals surface area contributed by atoms with Crippen LogP contribution in [-0.2, 0) is 9.53 Å². The summed E-state index contributed by atoms with van der Waals surface area (Å²) in [4.78, 5) is 23.8. The van der Waals surface area contributed by atoms with Crippen molar-refractivity contribution in [2.75, 3.05) is 11.9 Å². The summed E-state index contributed by atoms with van der Waals surface area (Å²) in [5.74, 6) is -0.225. The predicted molar refractivity (Wildman–Crippen MR) is 85.1 cm³/mol. The van der Waals surface area contributed by atoms with Gasteiger partial charge in [0, 0.05) is 6.07 Å². The Kier molecular flexibility index (Phi) is 4.71. The van der Waals surface area contributed by atoms with E-state index in [-0.39, 0.29) is 12.5 Å². The summed E-state index contributed by atoms with van der Waals surface area (Å²) in [5, 5.41) is 7.05. The number of nitrogens with zero attached hydrogens (tertiary/aromatic N) is 2. The van der Waals surface area contributed by atoms with Crippen LogP contribution < -0.4 is 5.32 Å². The van der Waals surface area contributed by atoms with E-state index in [0.717, 1.165) is 12.8 Å². The third-order valence-electron chi connectivity index (χ3n) is 3.95. The largest absolute Gasteiger partial charge is 0.452 e. The van der Waals surface area contributed by atoms with Gasteiger partial charge in [-0.25, -0.2) is 9.48 Å². The molecule has 6 heteroatoms. The first kappa shape index (κ1) is 15.3. The Hall–Kier alpha value is -2.63. The Balaban J connectivity index is 1.54. The van der Waals surface area contributed by atoms with Crippen LogP contribution in [0.1, 0.15) is 42.1 Å². The van der Waals surface area contributed by atoms with Gasteiger partial charge in [0.05, 0.1) is 17.8 Å². The van der Waals surface area contributed by atoms with Gasteiger partial charge in [-0.05, 0) is 25.0 Å². The number of hydrogen-bond acceptors (Lipinski definition) is 4. The summed E-state index contributed by atoms with van der Waals surface area (Å²) < 4.78 is 6.87. The number of hydrogen-bond donors (Lipinski definition) is 1. The highest BCUT2D eigenvalue weighted by Gasteiger charge is 2.20. The van der Waals surface area contributed by atoms with Crippen molar-refractivity contribution >= 4 is 17.7 Å². The van der Waals surface area contributed by atoms with Crippen molar-refractivity contribution in [3.05, 3.63) is 48.2 Å². The smallest absolute Gasteiger partial charge is 0.338 e. The van der Waals surface area contributed by atoms with Crippen molar-refractivity contribution < 1.29 is 14.3 Å². The maximum absolute atomic E-state index is 12.0. The average molecular weight is 313 g/mol. The Morgan fingerprint density at radius 3 is 2.65 bits per heavy atom. The molecular weight excluding hydrogens is 294 g/mol. The van der Waals surface area contributed by atoms with Crippen LogP contribution in [0.3, 0.4) is 0 Å². The number of carbonyl (C=O) groups is 2. The quantitative estimate of drug-likeness (QED) is 0.861. The standard InChI is InChI=1S/C17H19N3O3/c21-16(12-23-17(22)13-6-2-1-3-7-13)19-15-10-11-18-20(15)14-8-4-5-9-14/h1-3,6-7,10-11,14H,4-5,8-9,12H2,(H,19,21). The van der Waals surface area contributed by atoms with Gasteiger partial charge in [-0.15, -0.1) is 0 Å². The lowest BCUT2D eigenvalue weighted by Crippen LogP contribution is -2.23. The summed E-state index contributed by atoms with van der Waals surface area (Å²) in [6.45, 7) is -0.316. The van der Waals surface area contributed by atoms with Crippen LogP contribution in [0.25, 0.3) is 0 Å². The third-order valence-corrected chi connectivity index (χ3v) is 3.95. The molecule has 0 spiro atoms. The molecule has 1 aliphatic rings. The van der Waals surface area contributed by atoms with Crippen LogP contribution >= 0.6 is 0 Å². The molecule has 1 heterocycles. The van der Waals surface area contributed by atoms with Crippen LogP contribution in [0.5, 0.6) is 0 Å². The second-order valence-corrected chi connectivity index (χ2v) is 5.59. The summed E-state index contributed by atoms with van der Waals surface area (Å²) in [6, 6.07) is 10.7. The maximum atomic E-state index is 12.0. The fourth-order valence-corrected chi connectivity index (χ4v) is 2.82. The minimum absolute atomic E-state index is 0.316. The summed E-state index contributed by atoms with van der Waals surface area (Å²) in [7, 11) is 0. The molecule has 1 aliphatic carbocycles. The van der Waals surface area contributed by atoms with Crippen LogP contribution in [0.4, 0.5) is 5.82 Å². The van der Waals surface area contributed by atoms with Crippen LogP contribution in [0.2, 0.25) is 0 Å². The number of esters is 1. The lowest BCUT2D eigenvalue weighted by atomic mass is 10.2. The second kappa shape index (κ2) is 7.09. The number of amides is 1. The number of benzene rings is 1. The van der Waals surface area contributed by atoms with Crippen LogP contribution in [0, 0.1) is 0 Å². The molecule has 0 atom stereocenters. The molecule has 0 bridgehead atoms. The molecule has 3 rings (SSSR count). The number of rotatable bonds is 5. The topological polar surface area (TPSA) is 73.2 Å². The summed E-state index contributed by atoms with van der Waals surface area (Å²) >= 11 is 0. The lowest BCUT2D eigenvalue weighted by molar-refractivity contribution is -0.119. The number of aromatic nitrogens is 2. The van der Waals surface area contributed by atoms with E-state index in [1.54, 1.807) is 36.5 Å². The number of anilines is 1. The molecule has 120 valence electrons. The van der Waals surface area contributed by atoms with Crippen molar-refractivity contribution in [1.82, 2.24) is 9.78 Å². The predicted octanol–water partition coefficient (Wildman–Crippen LogP) is 2.79. The van der Waals surface area contributed by atoms with E-state index in [2.05, 4.69) is 10.4 Å². The highest BCUT2D eigenvalue weighted by molar-refractivity contribution is 5.95. The molecule has 1 saturated carbocycles. The van der Waals surface area contributed by atoms with E-state index < -0.39 is 5.97 Å². The maximum Gasteiger partial charge on any atom is 0.338 e. The fraction of sp³-hybridized carbons (Fsp3) is 0.353. The minimum Gasteiger partial charge on any atom is -0.452 e. The van der Waals surface area contributed by atoms with Gasteiger partial charge in [0.25, 0.3) is 5.91 Å². The van der Waals surface area contributed by atoms with Crippen LogP contribution in [-0.4, -0.2) is 28.3 Å². The van der Waals surface area contributed by atoms with Crippen molar-refractivity contribution in [3.8, 4) is 0 Å². The van der Waals surface area contributed by atoms with E-state index in [1.807, 2.05) is 10.7 Å². The normalized spacial score (nSPS) is 14.6. The molecular formula is C17H19N3O3. The van der Waals surface area contributed by atoms with Gasteiger partial charge in [-0.2, -0.15) is 5.10 Å². The summed E-state index contributed by atoms with van der Waals surface area (Å²) in [6.07, 6.45) is 6.20. The van der Waals surface area contributed by atoms with E-state index in [0.29, 0.717) is 17.4 Å². The van der Waals surface area contributed by atoms with E-state index in [4.69, 9.17) is 4.74 Å². The van der Waals surface area contributed by atoms with Gasteiger partial charge in [0.15, 0.2) is 6.61 Å². The first-order chi connectivity index (χ1) is 11.2. The van der Waals surface area contributed by atoms with Gasteiger partial charge in [-0.1, -0.05) is 31.0 Å². The van der Waals surface area contributed by atoms with E-state index >= 15 is 0 Å². The molecule has 1 amide bonds. The van der Waals surface area contributed by atoms with Crippen molar-refractivity contribution in [3.63, 3.8) is 0 Å². The second-order valence-electron chi connectivity index (χ2n) is 5.59. The lowest BCUT2D eigenvalue weighted by Gasteiger charge is -2.14. The van der Waals surface area contributed by atoms with Gasteiger partial charge in [-0.3, -0.25) is 4.79 Å². The Bertz CT molecular complexity index is 675. The average Bonchev–Trinajstić information content (AvgIpc) is 3.24. The highest BCUT2D eigenvalue weighted by Crippen LogP contribution is 2.31. The monoisotopic (exact) mass is 313 g/mol. The van der Waals surface area contributed by atoms with Crippen molar-refractivity contribution in [1.29, 1.82) is 0 Å². The molecule has 1 fully saturated rings. The SMILES string of the molecule is O=C(COC(=O)c1ccccc1)Nc1ccnn1C1CCCC1.